The number of hydrogen-bond acceptors (Lipinski definition) is 26. The lowest BCUT2D eigenvalue weighted by molar-refractivity contribution is 0.350. The zero-order valence-corrected chi connectivity index (χ0v) is 56.3. The van der Waals surface area contributed by atoms with Gasteiger partial charge >= 0.3 is 0 Å². The van der Waals surface area contributed by atoms with E-state index >= 15 is 0 Å². The number of fused-ring (bicyclic) bond motifs is 3. The zero-order chi connectivity index (χ0) is 71.5. The number of hydrogen-bond donors (Lipinski definition) is 9. The first kappa shape index (κ1) is 67.9. The molecule has 30 nitrogen and oxygen atoms in total. The van der Waals surface area contributed by atoms with Gasteiger partial charge in [-0.1, -0.05) is 58.9 Å². The fourth-order valence-corrected chi connectivity index (χ4v) is 12.0. The fourth-order valence-electron chi connectivity index (χ4n) is 12.0. The Morgan fingerprint density at radius 3 is 1.24 bits per heavy atom. The van der Waals surface area contributed by atoms with Crippen molar-refractivity contribution < 1.29 is 24.3 Å². The van der Waals surface area contributed by atoms with Crippen LogP contribution in [-0.2, 0) is 7.05 Å². The Labute approximate surface area is 581 Å². The minimum Gasteiger partial charge on any atom is -0.421 e. The molecular formula is C72H70N22O8. The number of aliphatic hydroxyl groups is 3. The predicted molar refractivity (Wildman–Crippen MR) is 383 cm³/mol. The van der Waals surface area contributed by atoms with Crippen molar-refractivity contribution in [1.29, 1.82) is 0 Å². The second kappa shape index (κ2) is 29.0. The van der Waals surface area contributed by atoms with E-state index in [1.165, 1.54) is 0 Å². The number of anilines is 6. The van der Waals surface area contributed by atoms with Gasteiger partial charge < -0.3 is 57.4 Å². The van der Waals surface area contributed by atoms with E-state index < -0.39 is 0 Å². The molecule has 3 atom stereocenters. The Hall–Kier alpha value is -12.7. The van der Waals surface area contributed by atoms with Crippen LogP contribution in [0, 0.1) is 49.4 Å². The minimum absolute atomic E-state index is 0.0781. The van der Waals surface area contributed by atoms with Gasteiger partial charge in [0.15, 0.2) is 11.6 Å². The molecule has 102 heavy (non-hydrogen) atoms. The van der Waals surface area contributed by atoms with Crippen LogP contribution in [0.1, 0.15) is 141 Å². The zero-order valence-electron chi connectivity index (χ0n) is 56.3. The molecule has 0 unspecified atom stereocenters. The van der Waals surface area contributed by atoms with Crippen molar-refractivity contribution in [2.45, 2.75) is 109 Å². The van der Waals surface area contributed by atoms with Crippen LogP contribution >= 0.6 is 0 Å². The Morgan fingerprint density at radius 1 is 0.520 bits per heavy atom. The number of nitrogen functional groups attached to an aromatic ring is 3. The van der Waals surface area contributed by atoms with Gasteiger partial charge in [-0.2, -0.15) is 10.1 Å². The summed E-state index contributed by atoms with van der Waals surface area (Å²) in [6.45, 7) is 8.34. The molecule has 0 spiro atoms. The van der Waals surface area contributed by atoms with Crippen molar-refractivity contribution in [1.82, 2.24) is 78.7 Å². The average Bonchev–Trinajstić information content (AvgIpc) is 1.46. The first-order valence-corrected chi connectivity index (χ1v) is 32.9. The van der Waals surface area contributed by atoms with E-state index in [9.17, 15) is 14.4 Å². The van der Waals surface area contributed by atoms with Crippen LogP contribution in [0.25, 0.3) is 67.0 Å². The number of aryl methyl sites for hydroxylation is 3. The highest BCUT2D eigenvalue weighted by atomic mass is 16.5. The molecule has 3 fully saturated rings. The van der Waals surface area contributed by atoms with Gasteiger partial charge in [-0.15, -0.1) is 10.2 Å². The van der Waals surface area contributed by atoms with Gasteiger partial charge in [0.1, 0.15) is 72.2 Å². The highest BCUT2D eigenvalue weighted by molar-refractivity contribution is 5.88. The van der Waals surface area contributed by atoms with Crippen LogP contribution in [0.4, 0.5) is 34.5 Å². The van der Waals surface area contributed by atoms with Gasteiger partial charge in [0.05, 0.1) is 56.4 Å². The molecule has 12 N–H and O–H groups in total. The van der Waals surface area contributed by atoms with E-state index in [1.54, 1.807) is 131 Å². The van der Waals surface area contributed by atoms with E-state index in [4.69, 9.17) is 56.4 Å². The summed E-state index contributed by atoms with van der Waals surface area (Å²) < 4.78 is 17.8. The molecule has 3 aliphatic carbocycles. The van der Waals surface area contributed by atoms with Gasteiger partial charge in [-0.05, 0) is 121 Å². The summed E-state index contributed by atoms with van der Waals surface area (Å²) in [6.07, 6.45) is 11.8. The summed E-state index contributed by atoms with van der Waals surface area (Å²) in [6, 6.07) is 20.2. The summed E-state index contributed by atoms with van der Waals surface area (Å²) in [5.74, 6) is 21.6. The quantitative estimate of drug-likeness (QED) is 0.0458. The average molecular weight is 1370 g/mol. The number of nitrogens with two attached hydrogens (primary N) is 3. The van der Waals surface area contributed by atoms with Gasteiger partial charge in [0, 0.05) is 84.4 Å². The van der Waals surface area contributed by atoms with E-state index in [2.05, 4.69) is 96.8 Å². The standard InChI is InChI=1S/C24H24N8O2.2C24H23N7O3/c1-14(28-21-20(17(25)10-11-26-21)22-27-13-31(2)30-22)23-29-18-7-3-5-15(6-4-12-33)19(18)24(34)32(23)16-8-9-16;1-13(27-21-20(17(25)10-11-26-21)23-30-29-14(2)34-23)22-28-18-7-3-5-15(6-4-12-32)19(18)24(33)31(22)16-8-9-16;1-13(27-21-20(17(25)10-11-26-21)23-28-14(2)30-34-23)22-29-18-7-3-5-15(6-4-12-32)19(18)24(33)31(22)16-8-9-16/h3,5,7,10-11,13-14,16,33H,8-9,12H2,1-2H3,(H3,25,26,28);2*3,5,7,10-11,13,16,32H,8-9,12H2,1-2H3,(H3,25,26,27)/t14-;2*13-/m000/s1. The van der Waals surface area contributed by atoms with Gasteiger partial charge in [-0.3, -0.25) is 32.8 Å². The summed E-state index contributed by atoms with van der Waals surface area (Å²) in [7, 11) is 1.78. The SMILES string of the molecule is C[C@H](Nc1nccc(N)c1-c1ncn(C)n1)c1nc2cccc(C#CCO)c2c(=O)n1C1CC1.Cc1nnc(-c2c(N)ccnc2N[C@@H](C)c2nc3cccc(C#CCO)c3c(=O)n2C2CC2)o1.Cc1noc(-c2c(N)ccnc2N[C@@H](C)c2nc3cccc(C#CCO)c3c(=O)n2C2CC2)n1. The van der Waals surface area contributed by atoms with Crippen molar-refractivity contribution in [3.63, 3.8) is 0 Å². The lowest BCUT2D eigenvalue weighted by Crippen LogP contribution is -2.28. The second-order valence-corrected chi connectivity index (χ2v) is 24.6. The maximum atomic E-state index is 13.6. The molecule has 3 aromatic carbocycles. The number of pyridine rings is 3. The third-order valence-corrected chi connectivity index (χ3v) is 17.0. The number of aromatic nitrogens is 16. The molecule has 12 aromatic rings. The van der Waals surface area contributed by atoms with Gasteiger partial charge in [-0.25, -0.2) is 34.9 Å². The molecule has 9 heterocycles. The summed E-state index contributed by atoms with van der Waals surface area (Å²) in [4.78, 5) is 77.4. The maximum Gasteiger partial charge on any atom is 0.263 e. The summed E-state index contributed by atoms with van der Waals surface area (Å²) in [5.41, 5.74) is 24.5. The fraction of sp³-hybridized carbons (Fsp3) is 0.292. The summed E-state index contributed by atoms with van der Waals surface area (Å²) in [5, 5.41) is 54.9. The Kier molecular flexibility index (Phi) is 19.3. The van der Waals surface area contributed by atoms with Crippen LogP contribution < -0.4 is 49.8 Å². The number of nitrogens with zero attached hydrogens (tertiary/aromatic N) is 16. The molecule has 3 aliphatic rings. The van der Waals surface area contributed by atoms with Crippen LogP contribution in [0.5, 0.6) is 0 Å². The van der Waals surface area contributed by atoms with Crippen LogP contribution in [-0.4, -0.2) is 114 Å². The molecule has 516 valence electrons. The Morgan fingerprint density at radius 2 is 0.902 bits per heavy atom. The van der Waals surface area contributed by atoms with Crippen LogP contribution in [0.3, 0.4) is 0 Å². The van der Waals surface area contributed by atoms with Crippen molar-refractivity contribution in [2.24, 2.45) is 7.05 Å². The highest BCUT2D eigenvalue weighted by Crippen LogP contribution is 2.41. The van der Waals surface area contributed by atoms with Crippen molar-refractivity contribution in [3.05, 3.63) is 175 Å². The van der Waals surface area contributed by atoms with Crippen LogP contribution in [0.2, 0.25) is 0 Å². The number of nitrogens with one attached hydrogen (secondary N) is 3. The van der Waals surface area contributed by atoms with Gasteiger partial charge in [0.2, 0.25) is 5.89 Å². The third-order valence-electron chi connectivity index (χ3n) is 17.0. The molecule has 0 radical (unpaired) electrons. The molecule has 0 amide bonds. The molecule has 0 aliphatic heterocycles. The minimum atomic E-state index is -0.387. The Bertz CT molecular complexity index is 5070. The van der Waals surface area contributed by atoms with Crippen molar-refractivity contribution in [2.75, 3.05) is 53.0 Å². The maximum absolute atomic E-state index is 13.6. The second-order valence-electron chi connectivity index (χ2n) is 24.6. The molecule has 0 bridgehead atoms. The molecule has 3 saturated carbocycles. The van der Waals surface area contributed by atoms with E-state index in [1.807, 2.05) is 26.8 Å². The first-order valence-electron chi connectivity index (χ1n) is 32.9. The van der Waals surface area contributed by atoms with E-state index in [0.717, 1.165) is 38.5 Å². The molecule has 30 heteroatoms. The largest absolute Gasteiger partial charge is 0.421 e. The topological polar surface area (TPSA) is 427 Å². The Balaban J connectivity index is 0.000000137. The monoisotopic (exact) mass is 1370 g/mol. The predicted octanol–water partition coefficient (Wildman–Crippen LogP) is 7.19. The van der Waals surface area contributed by atoms with Gasteiger partial charge in [0.25, 0.3) is 28.5 Å². The molecule has 0 saturated heterocycles. The van der Waals surface area contributed by atoms with Crippen molar-refractivity contribution in [3.8, 4) is 69.8 Å². The summed E-state index contributed by atoms with van der Waals surface area (Å²) >= 11 is 0. The molecule has 15 rings (SSSR count). The lowest BCUT2D eigenvalue weighted by Gasteiger charge is -2.21. The smallest absolute Gasteiger partial charge is 0.263 e. The van der Waals surface area contributed by atoms with E-state index in [0.29, 0.717) is 136 Å². The molecular weight excluding hydrogens is 1300 g/mol. The van der Waals surface area contributed by atoms with Crippen LogP contribution in [0.15, 0.2) is 121 Å². The van der Waals surface area contributed by atoms with Crippen molar-refractivity contribution >= 4 is 67.2 Å². The number of aliphatic hydroxyl groups excluding tert-OH is 3. The normalized spacial score (nSPS) is 14.0. The third kappa shape index (κ3) is 14.0. The lowest BCUT2D eigenvalue weighted by atomic mass is 10.1. The number of benzene rings is 3. The number of rotatable bonds is 15. The first-order chi connectivity index (χ1) is 49.4. The highest BCUT2D eigenvalue weighted by Gasteiger charge is 2.35. The van der Waals surface area contributed by atoms with E-state index in [-0.39, 0.29) is 84.5 Å². The molecule has 9 aromatic heterocycles.